The quantitative estimate of drug-likeness (QED) is 0.142. The fourth-order valence-electron chi connectivity index (χ4n) is 13.1. The van der Waals surface area contributed by atoms with Crippen molar-refractivity contribution in [3.63, 3.8) is 0 Å². The summed E-state index contributed by atoms with van der Waals surface area (Å²) in [5.41, 5.74) is 13.5. The number of thiophene rings is 5. The molecule has 0 radical (unpaired) electrons. The van der Waals surface area contributed by atoms with Gasteiger partial charge < -0.3 is 20.4 Å². The molecule has 0 amide bonds. The molecule has 0 aliphatic rings. The molecule has 0 unspecified atom stereocenters. The average Bonchev–Trinajstić information content (AvgIpc) is 1.73. The molecule has 0 saturated heterocycles. The smallest absolute Gasteiger partial charge is 0.135 e. The first-order chi connectivity index (χ1) is 46.0. The highest BCUT2D eigenvalue weighted by Gasteiger charge is 2.15. The zero-order valence-electron chi connectivity index (χ0n) is 49.8. The predicted molar refractivity (Wildman–Crippen MR) is 411 cm³/mol. The number of furan rings is 1. The van der Waals surface area contributed by atoms with Crippen molar-refractivity contribution in [2.24, 2.45) is 0 Å². The average molecular weight is 1280 g/mol. The van der Waals surface area contributed by atoms with Gasteiger partial charge >= 0.3 is 0 Å². The van der Waals surface area contributed by atoms with Gasteiger partial charge in [-0.25, -0.2) is 0 Å². The van der Waals surface area contributed by atoms with Crippen LogP contribution in [0.15, 0.2) is 308 Å². The van der Waals surface area contributed by atoms with E-state index in [4.69, 9.17) is 4.42 Å². The number of anilines is 6. The second-order valence-corrected chi connectivity index (χ2v) is 28.7. The topological polar surface area (TPSA) is 49.2 Å². The van der Waals surface area contributed by atoms with Gasteiger partial charge in [0.05, 0.1) is 0 Å². The lowest BCUT2D eigenvalue weighted by Crippen LogP contribution is -1.90. The van der Waals surface area contributed by atoms with E-state index >= 15 is 0 Å². The second-order valence-electron chi connectivity index (χ2n) is 23.3. The minimum Gasteiger partial charge on any atom is -0.456 e. The number of nitrogens with one attached hydrogen (secondary N) is 3. The highest BCUT2D eigenvalue weighted by atomic mass is 32.1. The zero-order valence-corrected chi connectivity index (χ0v) is 53.9. The van der Waals surface area contributed by atoms with Crippen molar-refractivity contribution in [2.75, 3.05) is 16.0 Å². The molecule has 0 aliphatic carbocycles. The van der Waals surface area contributed by atoms with Crippen LogP contribution in [0.2, 0.25) is 0 Å². The third-order valence-electron chi connectivity index (χ3n) is 17.6. The van der Waals surface area contributed by atoms with Crippen LogP contribution in [0.25, 0.3) is 145 Å². The van der Waals surface area contributed by atoms with E-state index in [2.05, 4.69) is 295 Å². The molecule has 9 heteroatoms. The molecule has 6 heterocycles. The largest absolute Gasteiger partial charge is 0.456 e. The van der Waals surface area contributed by atoms with Crippen LogP contribution in [0, 0.1) is 0 Å². The zero-order chi connectivity index (χ0) is 61.3. The van der Waals surface area contributed by atoms with Gasteiger partial charge in [0, 0.05) is 146 Å². The van der Waals surface area contributed by atoms with Gasteiger partial charge in [0.1, 0.15) is 11.2 Å². The molecule has 4 nitrogen and oxygen atoms in total. The van der Waals surface area contributed by atoms with Crippen LogP contribution in [0.5, 0.6) is 0 Å². The molecule has 20 aromatic rings. The molecule has 6 aromatic heterocycles. The Morgan fingerprint density at radius 2 is 0.484 bits per heavy atom. The molecule has 0 atom stereocenters. The van der Waals surface area contributed by atoms with Gasteiger partial charge in [-0.05, 0) is 156 Å². The molecule has 0 bridgehead atoms. The number of rotatable bonds is 8. The Morgan fingerprint density at radius 1 is 0.194 bits per heavy atom. The van der Waals surface area contributed by atoms with Gasteiger partial charge in [-0.2, -0.15) is 0 Å². The lowest BCUT2D eigenvalue weighted by atomic mass is 10.0. The van der Waals surface area contributed by atoms with Crippen molar-refractivity contribution >= 4 is 214 Å². The van der Waals surface area contributed by atoms with Gasteiger partial charge in [-0.1, -0.05) is 170 Å². The molecule has 0 saturated carbocycles. The molecular formula is C84H53N3OS5. The maximum Gasteiger partial charge on any atom is 0.135 e. The van der Waals surface area contributed by atoms with E-state index < -0.39 is 0 Å². The van der Waals surface area contributed by atoms with Crippen LogP contribution in [0.1, 0.15) is 0 Å². The summed E-state index contributed by atoms with van der Waals surface area (Å²) < 4.78 is 19.3. The SMILES string of the molecule is c1ccc2c(c1)oc1ccc(Nc3ccc4sc5ccccc5c4c3)cc12.c1ccc2c(c1)sc1c(-c3ccc(Nc4ccc(-c5cccc6c5sc5ccccc56)cc4)cc3)cccc12.c1ccc2c(c1)sc1ccc(Nc3ccc4sc5ccccc5c4c3)cc12. The maximum atomic E-state index is 5.93. The fraction of sp³-hybridized carbons (Fsp3) is 0. The van der Waals surface area contributed by atoms with Crippen molar-refractivity contribution < 1.29 is 4.42 Å². The van der Waals surface area contributed by atoms with Gasteiger partial charge in [-0.3, -0.25) is 0 Å². The van der Waals surface area contributed by atoms with E-state index in [0.717, 1.165) is 56.1 Å². The van der Waals surface area contributed by atoms with E-state index in [1.807, 2.05) is 80.9 Å². The molecule has 14 aromatic carbocycles. The summed E-state index contributed by atoms with van der Waals surface area (Å²) in [6.45, 7) is 0. The number of hydrogen-bond acceptors (Lipinski definition) is 9. The lowest BCUT2D eigenvalue weighted by Gasteiger charge is -2.10. The van der Waals surface area contributed by atoms with E-state index in [1.54, 1.807) is 0 Å². The molecule has 0 spiro atoms. The molecule has 93 heavy (non-hydrogen) atoms. The Kier molecular flexibility index (Phi) is 13.8. The van der Waals surface area contributed by atoms with Crippen LogP contribution >= 0.6 is 56.7 Å². The summed E-state index contributed by atoms with van der Waals surface area (Å²) >= 11 is 9.30. The van der Waals surface area contributed by atoms with Crippen molar-refractivity contribution in [3.8, 4) is 22.3 Å². The minimum atomic E-state index is 0.918. The second kappa shape index (κ2) is 23.3. The van der Waals surface area contributed by atoms with Crippen LogP contribution in [-0.2, 0) is 0 Å². The fourth-order valence-corrected chi connectivity index (χ4v) is 18.9. The Hall–Kier alpha value is -10.6. The van der Waals surface area contributed by atoms with Crippen LogP contribution in [-0.4, -0.2) is 0 Å². The van der Waals surface area contributed by atoms with E-state index in [0.29, 0.717) is 0 Å². The monoisotopic (exact) mass is 1280 g/mol. The number of benzene rings is 14. The Morgan fingerprint density at radius 3 is 0.903 bits per heavy atom. The maximum absolute atomic E-state index is 5.93. The molecule has 0 fully saturated rings. The molecule has 0 aliphatic heterocycles. The first-order valence-electron chi connectivity index (χ1n) is 31.0. The third-order valence-corrected chi connectivity index (χ3v) is 23.5. The summed E-state index contributed by atoms with van der Waals surface area (Å²) in [6, 6.07) is 108. The lowest BCUT2D eigenvalue weighted by molar-refractivity contribution is 0.669. The number of hydrogen-bond donors (Lipinski definition) is 3. The van der Waals surface area contributed by atoms with Crippen molar-refractivity contribution in [1.82, 2.24) is 0 Å². The van der Waals surface area contributed by atoms with Crippen molar-refractivity contribution in [2.45, 2.75) is 0 Å². The summed E-state index contributed by atoms with van der Waals surface area (Å²) in [6.07, 6.45) is 0. The highest BCUT2D eigenvalue weighted by molar-refractivity contribution is 7.27. The summed E-state index contributed by atoms with van der Waals surface area (Å²) in [4.78, 5) is 0. The number of para-hydroxylation sites is 1. The Bertz CT molecular complexity index is 5640. The number of fused-ring (bicyclic) bond motifs is 18. The van der Waals surface area contributed by atoms with Gasteiger partial charge in [0.2, 0.25) is 0 Å². The molecule has 3 N–H and O–H groups in total. The Balaban J connectivity index is 0.000000105. The summed E-state index contributed by atoms with van der Waals surface area (Å²) in [5.74, 6) is 0. The first-order valence-corrected chi connectivity index (χ1v) is 35.1. The predicted octanol–water partition coefficient (Wildman–Crippen LogP) is 27.4. The summed E-state index contributed by atoms with van der Waals surface area (Å²) in [5, 5.41) is 26.3. The Labute approximate surface area is 555 Å². The molecule has 20 rings (SSSR count). The standard InChI is InChI=1S/C36H23NS2.C24H15NOS.C24H15NS2/c1-3-13-33-29(7-1)31-11-5-9-27(35(31)38-33)23-15-19-25(20-16-23)37-26-21-17-24(18-22-26)28-10-6-12-32-30-8-2-4-14-34(30)39-36(28)32;1-3-7-21-17(5-1)19-13-15(9-11-22(19)26-21)25-16-10-12-24-20(14-16)18-6-2-4-8-23(18)27-24;1-3-7-21-17(5-1)19-13-15(9-11-23(19)26-21)25-16-10-12-24-20(14-16)18-6-2-4-8-22(18)27-24/h1-22,37H;2*1-14,25H. The van der Waals surface area contributed by atoms with Gasteiger partial charge in [-0.15, -0.1) is 56.7 Å². The van der Waals surface area contributed by atoms with Crippen molar-refractivity contribution in [3.05, 3.63) is 303 Å². The first kappa shape index (κ1) is 55.2. The molecule has 440 valence electrons. The van der Waals surface area contributed by atoms with E-state index in [9.17, 15) is 0 Å². The summed E-state index contributed by atoms with van der Waals surface area (Å²) in [7, 11) is 0. The van der Waals surface area contributed by atoms with E-state index in [-0.39, 0.29) is 0 Å². The van der Waals surface area contributed by atoms with Gasteiger partial charge in [0.15, 0.2) is 0 Å². The van der Waals surface area contributed by atoms with E-state index in [1.165, 1.54) is 123 Å². The van der Waals surface area contributed by atoms with Crippen LogP contribution < -0.4 is 16.0 Å². The third kappa shape index (κ3) is 10.3. The normalized spacial score (nSPS) is 11.7. The minimum absolute atomic E-state index is 0.918. The van der Waals surface area contributed by atoms with Crippen LogP contribution in [0.3, 0.4) is 0 Å². The highest BCUT2D eigenvalue weighted by Crippen LogP contribution is 2.44. The van der Waals surface area contributed by atoms with Gasteiger partial charge in [0.25, 0.3) is 0 Å². The van der Waals surface area contributed by atoms with Crippen LogP contribution in [0.4, 0.5) is 34.1 Å². The van der Waals surface area contributed by atoms with Crippen molar-refractivity contribution in [1.29, 1.82) is 0 Å². The molecular weight excluding hydrogens is 1230 g/mol.